The fraction of sp³-hybridized carbons (Fsp3) is 0.667. The van der Waals surface area contributed by atoms with Crippen molar-refractivity contribution in [3.63, 3.8) is 0 Å². The molecule has 1 saturated heterocycles. The van der Waals surface area contributed by atoms with Gasteiger partial charge in [0.15, 0.2) is 0 Å². The molecule has 1 aromatic carbocycles. The number of aliphatic hydroxyl groups is 1. The fourth-order valence-electron chi connectivity index (χ4n) is 3.15. The SMILES string of the molecule is COc1ccc(C(C)C)cc1C(O)CN1CC(C)OC(C)C1. The van der Waals surface area contributed by atoms with E-state index < -0.39 is 6.10 Å². The molecule has 3 unspecified atom stereocenters. The van der Waals surface area contributed by atoms with Gasteiger partial charge in [0.1, 0.15) is 5.75 Å². The van der Waals surface area contributed by atoms with E-state index in [2.05, 4.69) is 44.7 Å². The molecule has 0 aliphatic carbocycles. The predicted molar refractivity (Wildman–Crippen MR) is 88.5 cm³/mol. The summed E-state index contributed by atoms with van der Waals surface area (Å²) >= 11 is 0. The van der Waals surface area contributed by atoms with Crippen LogP contribution in [0.5, 0.6) is 5.75 Å². The van der Waals surface area contributed by atoms with Crippen LogP contribution in [0.15, 0.2) is 18.2 Å². The van der Waals surface area contributed by atoms with E-state index in [-0.39, 0.29) is 12.2 Å². The number of benzene rings is 1. The van der Waals surface area contributed by atoms with Crippen LogP contribution in [0, 0.1) is 0 Å². The molecule has 1 aliphatic heterocycles. The maximum absolute atomic E-state index is 10.7. The molecule has 0 bridgehead atoms. The summed E-state index contributed by atoms with van der Waals surface area (Å²) in [4.78, 5) is 2.27. The maximum atomic E-state index is 10.7. The quantitative estimate of drug-likeness (QED) is 0.908. The Balaban J connectivity index is 2.14. The molecule has 4 heteroatoms. The summed E-state index contributed by atoms with van der Waals surface area (Å²) in [6, 6.07) is 6.10. The van der Waals surface area contributed by atoms with Crippen LogP contribution in [-0.4, -0.2) is 49.0 Å². The van der Waals surface area contributed by atoms with Crippen molar-refractivity contribution in [2.75, 3.05) is 26.7 Å². The van der Waals surface area contributed by atoms with Crippen LogP contribution in [0.3, 0.4) is 0 Å². The standard InChI is InChI=1S/C18H29NO3/c1-12(2)15-6-7-18(21-5)16(8-15)17(20)11-19-9-13(3)22-14(4)10-19/h6-8,12-14,17,20H,9-11H2,1-5H3. The second kappa shape index (κ2) is 7.44. The average molecular weight is 307 g/mol. The molecule has 1 aliphatic rings. The van der Waals surface area contributed by atoms with Gasteiger partial charge in [-0.05, 0) is 37.5 Å². The molecule has 0 spiro atoms. The molecule has 1 heterocycles. The monoisotopic (exact) mass is 307 g/mol. The minimum absolute atomic E-state index is 0.208. The zero-order valence-electron chi connectivity index (χ0n) is 14.4. The van der Waals surface area contributed by atoms with E-state index in [1.807, 2.05) is 6.07 Å². The Bertz CT molecular complexity index is 479. The highest BCUT2D eigenvalue weighted by atomic mass is 16.5. The van der Waals surface area contributed by atoms with Crippen molar-refractivity contribution in [3.8, 4) is 5.75 Å². The molecule has 0 aromatic heterocycles. The Kier molecular flexibility index (Phi) is 5.84. The van der Waals surface area contributed by atoms with Crippen molar-refractivity contribution in [1.82, 2.24) is 4.90 Å². The van der Waals surface area contributed by atoms with Crippen molar-refractivity contribution >= 4 is 0 Å². The highest BCUT2D eigenvalue weighted by Crippen LogP contribution is 2.30. The van der Waals surface area contributed by atoms with Gasteiger partial charge >= 0.3 is 0 Å². The molecule has 0 radical (unpaired) electrons. The summed E-state index contributed by atoms with van der Waals surface area (Å²) in [5.41, 5.74) is 2.10. The number of ether oxygens (including phenoxy) is 2. The molecule has 0 amide bonds. The van der Waals surface area contributed by atoms with Gasteiger partial charge in [-0.15, -0.1) is 0 Å². The van der Waals surface area contributed by atoms with Crippen LogP contribution >= 0.6 is 0 Å². The third-order valence-electron chi connectivity index (χ3n) is 4.21. The lowest BCUT2D eigenvalue weighted by Crippen LogP contribution is -2.46. The van der Waals surface area contributed by atoms with Crippen molar-refractivity contribution in [2.45, 2.75) is 51.9 Å². The Morgan fingerprint density at radius 3 is 2.45 bits per heavy atom. The van der Waals surface area contributed by atoms with Crippen molar-refractivity contribution in [3.05, 3.63) is 29.3 Å². The topological polar surface area (TPSA) is 41.9 Å². The molecule has 3 atom stereocenters. The zero-order chi connectivity index (χ0) is 16.3. The summed E-state index contributed by atoms with van der Waals surface area (Å²) in [5, 5.41) is 10.7. The van der Waals surface area contributed by atoms with Crippen LogP contribution < -0.4 is 4.74 Å². The Hall–Kier alpha value is -1.10. The summed E-state index contributed by atoms with van der Waals surface area (Å²) in [7, 11) is 1.65. The van der Waals surface area contributed by atoms with E-state index in [1.165, 1.54) is 5.56 Å². The third-order valence-corrected chi connectivity index (χ3v) is 4.21. The van der Waals surface area contributed by atoms with Crippen molar-refractivity contribution in [1.29, 1.82) is 0 Å². The first-order valence-corrected chi connectivity index (χ1v) is 8.14. The second-order valence-electron chi connectivity index (χ2n) is 6.65. The first-order valence-electron chi connectivity index (χ1n) is 8.14. The number of morpholine rings is 1. The number of rotatable bonds is 5. The first kappa shape index (κ1) is 17.3. The highest BCUT2D eigenvalue weighted by Gasteiger charge is 2.25. The van der Waals surface area contributed by atoms with Gasteiger partial charge in [0.05, 0.1) is 25.4 Å². The lowest BCUT2D eigenvalue weighted by atomic mass is 9.97. The molecule has 1 fully saturated rings. The second-order valence-corrected chi connectivity index (χ2v) is 6.65. The van der Waals surface area contributed by atoms with E-state index in [9.17, 15) is 5.11 Å². The van der Waals surface area contributed by atoms with Gasteiger partial charge in [0.2, 0.25) is 0 Å². The third kappa shape index (κ3) is 4.22. The summed E-state index contributed by atoms with van der Waals surface area (Å²) in [6.07, 6.45) is -0.133. The van der Waals surface area contributed by atoms with Gasteiger partial charge < -0.3 is 14.6 Å². The predicted octanol–water partition coefficient (Wildman–Crippen LogP) is 2.96. The van der Waals surface area contributed by atoms with E-state index >= 15 is 0 Å². The van der Waals surface area contributed by atoms with E-state index in [4.69, 9.17) is 9.47 Å². The average Bonchev–Trinajstić information content (AvgIpc) is 2.45. The summed E-state index contributed by atoms with van der Waals surface area (Å²) < 4.78 is 11.2. The van der Waals surface area contributed by atoms with Crippen LogP contribution in [0.25, 0.3) is 0 Å². The first-order chi connectivity index (χ1) is 10.4. The molecule has 0 saturated carbocycles. The van der Waals surface area contributed by atoms with Crippen LogP contribution in [0.4, 0.5) is 0 Å². The number of methoxy groups -OCH3 is 1. The molecular weight excluding hydrogens is 278 g/mol. The largest absolute Gasteiger partial charge is 0.496 e. The number of hydrogen-bond donors (Lipinski definition) is 1. The Labute approximate surface area is 134 Å². The minimum atomic E-state index is -0.550. The molecule has 1 aromatic rings. The summed E-state index contributed by atoms with van der Waals surface area (Å²) in [5.74, 6) is 1.19. The molecule has 4 nitrogen and oxygen atoms in total. The van der Waals surface area contributed by atoms with E-state index in [0.29, 0.717) is 12.5 Å². The van der Waals surface area contributed by atoms with Gasteiger partial charge in [-0.25, -0.2) is 0 Å². The maximum Gasteiger partial charge on any atom is 0.124 e. The normalized spacial score (nSPS) is 24.5. The van der Waals surface area contributed by atoms with Crippen molar-refractivity contribution in [2.24, 2.45) is 0 Å². The number of nitrogens with zero attached hydrogens (tertiary/aromatic N) is 1. The lowest BCUT2D eigenvalue weighted by molar-refractivity contribution is -0.0768. The Morgan fingerprint density at radius 2 is 1.91 bits per heavy atom. The molecule has 2 rings (SSSR count). The van der Waals surface area contributed by atoms with Crippen LogP contribution in [-0.2, 0) is 4.74 Å². The van der Waals surface area contributed by atoms with Gasteiger partial charge in [0, 0.05) is 25.2 Å². The van der Waals surface area contributed by atoms with Gasteiger partial charge in [-0.3, -0.25) is 4.90 Å². The molecular formula is C18H29NO3. The van der Waals surface area contributed by atoms with Crippen LogP contribution in [0.2, 0.25) is 0 Å². The number of β-amino-alcohol motifs (C(OH)–C–C–N with tert-alkyl or cyclic N) is 1. The number of hydrogen-bond acceptors (Lipinski definition) is 4. The van der Waals surface area contributed by atoms with E-state index in [1.54, 1.807) is 7.11 Å². The zero-order valence-corrected chi connectivity index (χ0v) is 14.4. The van der Waals surface area contributed by atoms with Crippen LogP contribution in [0.1, 0.15) is 50.8 Å². The smallest absolute Gasteiger partial charge is 0.124 e. The van der Waals surface area contributed by atoms with Gasteiger partial charge in [0.25, 0.3) is 0 Å². The Morgan fingerprint density at radius 1 is 1.27 bits per heavy atom. The lowest BCUT2D eigenvalue weighted by Gasteiger charge is -2.36. The minimum Gasteiger partial charge on any atom is -0.496 e. The molecule has 22 heavy (non-hydrogen) atoms. The molecule has 1 N–H and O–H groups in total. The fourth-order valence-corrected chi connectivity index (χ4v) is 3.15. The van der Waals surface area contributed by atoms with E-state index in [0.717, 1.165) is 24.4 Å². The van der Waals surface area contributed by atoms with Crippen molar-refractivity contribution < 1.29 is 14.6 Å². The molecule has 124 valence electrons. The van der Waals surface area contributed by atoms with Gasteiger partial charge in [-0.1, -0.05) is 19.9 Å². The van der Waals surface area contributed by atoms with Gasteiger partial charge in [-0.2, -0.15) is 0 Å². The highest BCUT2D eigenvalue weighted by molar-refractivity contribution is 5.40. The summed E-state index contributed by atoms with van der Waals surface area (Å²) in [6.45, 7) is 10.8. The number of aliphatic hydroxyl groups excluding tert-OH is 1.